The molecule has 18 heavy (non-hydrogen) atoms. The Bertz CT molecular complexity index is 575. The lowest BCUT2D eigenvalue weighted by Gasteiger charge is -2.15. The molecule has 1 atom stereocenters. The molecule has 0 radical (unpaired) electrons. The molecular formula is C13H17N3O2. The molecule has 0 saturated heterocycles. The van der Waals surface area contributed by atoms with E-state index < -0.39 is 5.97 Å². The molecule has 2 aromatic rings. The molecule has 0 aliphatic heterocycles. The third-order valence-electron chi connectivity index (χ3n) is 3.37. The zero-order valence-electron chi connectivity index (χ0n) is 10.8. The second-order valence-corrected chi connectivity index (χ2v) is 4.97. The number of nitrogens with zero attached hydrogens (tertiary/aromatic N) is 3. The van der Waals surface area contributed by atoms with Gasteiger partial charge >= 0.3 is 5.97 Å². The van der Waals surface area contributed by atoms with Crippen LogP contribution in [0.3, 0.4) is 0 Å². The van der Waals surface area contributed by atoms with Crippen LogP contribution in [0, 0.1) is 11.8 Å². The first-order valence-corrected chi connectivity index (χ1v) is 6.06. The molecule has 1 N–H and O–H groups in total. The first-order chi connectivity index (χ1) is 8.50. The van der Waals surface area contributed by atoms with Crippen molar-refractivity contribution in [2.45, 2.75) is 27.3 Å². The van der Waals surface area contributed by atoms with Crippen LogP contribution >= 0.6 is 0 Å². The van der Waals surface area contributed by atoms with Gasteiger partial charge in [0.2, 0.25) is 0 Å². The average molecular weight is 247 g/mol. The SMILES string of the molecule is CC(C)C(C)Cn1nnc2c(C(=O)O)cccc21. The average Bonchev–Trinajstić information content (AvgIpc) is 2.72. The number of hydrogen-bond donors (Lipinski definition) is 1. The van der Waals surface area contributed by atoms with Gasteiger partial charge in [0.25, 0.3) is 0 Å². The molecule has 5 nitrogen and oxygen atoms in total. The quantitative estimate of drug-likeness (QED) is 0.900. The summed E-state index contributed by atoms with van der Waals surface area (Å²) in [5.41, 5.74) is 1.44. The Kier molecular flexibility index (Phi) is 3.32. The molecule has 96 valence electrons. The van der Waals surface area contributed by atoms with Crippen molar-refractivity contribution in [1.29, 1.82) is 0 Å². The fourth-order valence-electron chi connectivity index (χ4n) is 1.78. The maximum atomic E-state index is 11.1. The standard InChI is InChI=1S/C13H17N3O2/c1-8(2)9(3)7-16-11-6-4-5-10(13(17)18)12(11)14-15-16/h4-6,8-9H,7H2,1-3H3,(H,17,18). The van der Waals surface area contributed by atoms with Crippen molar-refractivity contribution >= 4 is 17.0 Å². The van der Waals surface area contributed by atoms with Crippen molar-refractivity contribution < 1.29 is 9.90 Å². The van der Waals surface area contributed by atoms with Crippen LogP contribution in [0.1, 0.15) is 31.1 Å². The van der Waals surface area contributed by atoms with Gasteiger partial charge in [-0.15, -0.1) is 5.10 Å². The van der Waals surface area contributed by atoms with Crippen LogP contribution in [0.15, 0.2) is 18.2 Å². The lowest BCUT2D eigenvalue weighted by Crippen LogP contribution is -2.14. The molecule has 0 spiro atoms. The predicted molar refractivity (Wildman–Crippen MR) is 68.5 cm³/mol. The van der Waals surface area contributed by atoms with Crippen LogP contribution in [0.5, 0.6) is 0 Å². The second kappa shape index (κ2) is 4.76. The molecule has 0 aliphatic rings. The lowest BCUT2D eigenvalue weighted by molar-refractivity contribution is 0.0699. The van der Waals surface area contributed by atoms with Gasteiger partial charge in [-0.1, -0.05) is 32.1 Å². The Balaban J connectivity index is 2.43. The molecule has 0 bridgehead atoms. The highest BCUT2D eigenvalue weighted by atomic mass is 16.4. The summed E-state index contributed by atoms with van der Waals surface area (Å²) >= 11 is 0. The Morgan fingerprint density at radius 1 is 1.39 bits per heavy atom. The van der Waals surface area contributed by atoms with Gasteiger partial charge in [-0.25, -0.2) is 9.48 Å². The van der Waals surface area contributed by atoms with Gasteiger partial charge in [-0.3, -0.25) is 0 Å². The van der Waals surface area contributed by atoms with Crippen LogP contribution in [0.4, 0.5) is 0 Å². The zero-order chi connectivity index (χ0) is 13.3. The summed E-state index contributed by atoms with van der Waals surface area (Å²) in [6.45, 7) is 7.22. The topological polar surface area (TPSA) is 68.0 Å². The molecule has 0 aliphatic carbocycles. The lowest BCUT2D eigenvalue weighted by atomic mass is 9.98. The van der Waals surface area contributed by atoms with Gasteiger partial charge in [0.15, 0.2) is 0 Å². The van der Waals surface area contributed by atoms with Gasteiger partial charge in [-0.2, -0.15) is 0 Å². The number of aromatic nitrogens is 3. The smallest absolute Gasteiger partial charge is 0.338 e. The van der Waals surface area contributed by atoms with Crippen LogP contribution < -0.4 is 0 Å². The molecule has 1 aromatic carbocycles. The summed E-state index contributed by atoms with van der Waals surface area (Å²) in [7, 11) is 0. The highest BCUT2D eigenvalue weighted by Crippen LogP contribution is 2.19. The summed E-state index contributed by atoms with van der Waals surface area (Å²) in [6, 6.07) is 5.13. The predicted octanol–water partition coefficient (Wildman–Crippen LogP) is 2.42. The number of carbonyl (C=O) groups is 1. The Morgan fingerprint density at radius 2 is 2.11 bits per heavy atom. The number of fused-ring (bicyclic) bond motifs is 1. The molecule has 0 fully saturated rings. The monoisotopic (exact) mass is 247 g/mol. The largest absolute Gasteiger partial charge is 0.478 e. The van der Waals surface area contributed by atoms with E-state index in [1.165, 1.54) is 0 Å². The summed E-state index contributed by atoms with van der Waals surface area (Å²) in [4.78, 5) is 11.1. The van der Waals surface area contributed by atoms with Crippen LogP contribution in [-0.4, -0.2) is 26.1 Å². The fraction of sp³-hybridized carbons (Fsp3) is 0.462. The van der Waals surface area contributed by atoms with Crippen LogP contribution in [0.2, 0.25) is 0 Å². The molecule has 0 amide bonds. The minimum atomic E-state index is -0.968. The minimum Gasteiger partial charge on any atom is -0.478 e. The zero-order valence-corrected chi connectivity index (χ0v) is 10.8. The fourth-order valence-corrected chi connectivity index (χ4v) is 1.78. The number of carboxylic acids is 1. The van der Waals surface area contributed by atoms with Crippen molar-refractivity contribution in [3.05, 3.63) is 23.8 Å². The number of benzene rings is 1. The van der Waals surface area contributed by atoms with Crippen molar-refractivity contribution in [3.8, 4) is 0 Å². The third-order valence-corrected chi connectivity index (χ3v) is 3.37. The van der Waals surface area contributed by atoms with Gasteiger partial charge in [0.1, 0.15) is 5.52 Å². The first kappa shape index (κ1) is 12.5. The number of carboxylic acid groups (broad SMARTS) is 1. The highest BCUT2D eigenvalue weighted by molar-refractivity contribution is 6.00. The van der Waals surface area contributed by atoms with Crippen LogP contribution in [-0.2, 0) is 6.54 Å². The van der Waals surface area contributed by atoms with E-state index in [2.05, 4.69) is 31.1 Å². The molecular weight excluding hydrogens is 230 g/mol. The summed E-state index contributed by atoms with van der Waals surface area (Å²) in [5.74, 6) is 0.0415. The molecule has 5 heteroatoms. The van der Waals surface area contributed by atoms with Crippen molar-refractivity contribution in [2.24, 2.45) is 11.8 Å². The van der Waals surface area contributed by atoms with E-state index in [1.807, 2.05) is 6.07 Å². The first-order valence-electron chi connectivity index (χ1n) is 6.06. The van der Waals surface area contributed by atoms with Crippen LogP contribution in [0.25, 0.3) is 11.0 Å². The minimum absolute atomic E-state index is 0.205. The third kappa shape index (κ3) is 2.20. The summed E-state index contributed by atoms with van der Waals surface area (Å²) < 4.78 is 1.78. The molecule has 2 rings (SSSR count). The van der Waals surface area contributed by atoms with E-state index in [1.54, 1.807) is 16.8 Å². The maximum Gasteiger partial charge on any atom is 0.338 e. The molecule has 1 unspecified atom stereocenters. The van der Waals surface area contributed by atoms with Crippen molar-refractivity contribution in [2.75, 3.05) is 0 Å². The molecule has 0 saturated carbocycles. The molecule has 1 aromatic heterocycles. The van der Waals surface area contributed by atoms with Gasteiger partial charge < -0.3 is 5.11 Å². The van der Waals surface area contributed by atoms with Crippen molar-refractivity contribution in [1.82, 2.24) is 15.0 Å². The number of hydrogen-bond acceptors (Lipinski definition) is 3. The Hall–Kier alpha value is -1.91. The van der Waals surface area contributed by atoms with E-state index in [0.29, 0.717) is 17.4 Å². The van der Waals surface area contributed by atoms with Crippen molar-refractivity contribution in [3.63, 3.8) is 0 Å². The van der Waals surface area contributed by atoms with Gasteiger partial charge in [0.05, 0.1) is 11.1 Å². The Labute approximate surface area is 105 Å². The number of rotatable bonds is 4. The maximum absolute atomic E-state index is 11.1. The summed E-state index contributed by atoms with van der Waals surface area (Å²) in [5, 5.41) is 17.1. The highest BCUT2D eigenvalue weighted by Gasteiger charge is 2.15. The van der Waals surface area contributed by atoms with Gasteiger partial charge in [0, 0.05) is 6.54 Å². The van der Waals surface area contributed by atoms with E-state index in [4.69, 9.17) is 5.11 Å². The van der Waals surface area contributed by atoms with E-state index >= 15 is 0 Å². The molecule has 1 heterocycles. The summed E-state index contributed by atoms with van der Waals surface area (Å²) in [6.07, 6.45) is 0. The van der Waals surface area contributed by atoms with E-state index in [9.17, 15) is 4.79 Å². The van der Waals surface area contributed by atoms with E-state index in [-0.39, 0.29) is 5.56 Å². The van der Waals surface area contributed by atoms with E-state index in [0.717, 1.165) is 12.1 Å². The second-order valence-electron chi connectivity index (χ2n) is 4.97. The Morgan fingerprint density at radius 3 is 2.72 bits per heavy atom. The normalized spacial score (nSPS) is 13.1. The number of aromatic carboxylic acids is 1. The van der Waals surface area contributed by atoms with Gasteiger partial charge in [-0.05, 0) is 24.0 Å².